The van der Waals surface area contributed by atoms with Gasteiger partial charge in [0, 0.05) is 24.3 Å². The Hall–Kier alpha value is -2.53. The first-order chi connectivity index (χ1) is 13.5. The molecule has 28 heavy (non-hydrogen) atoms. The molecular formula is C23H30N2O3. The minimum absolute atomic E-state index is 0.0158. The Morgan fingerprint density at radius 3 is 2.32 bits per heavy atom. The standard InChI is InChI=1S/C23H30N2O3/c1-16(2)18-7-5-17(6-8-18)14-25(20-10-11-20)15-23(26)24-19-9-12-21(27-3)22(13-19)28-4/h5-9,12-13,16,20H,10-11,14-15H2,1-4H3,(H,24,26). The normalized spacial score (nSPS) is 13.6. The van der Waals surface area contributed by atoms with Crippen molar-refractivity contribution in [3.05, 3.63) is 53.6 Å². The zero-order chi connectivity index (χ0) is 20.1. The van der Waals surface area contributed by atoms with E-state index < -0.39 is 0 Å². The highest BCUT2D eigenvalue weighted by Crippen LogP contribution is 2.31. The van der Waals surface area contributed by atoms with E-state index in [1.165, 1.54) is 11.1 Å². The summed E-state index contributed by atoms with van der Waals surface area (Å²) in [6, 6.07) is 14.6. The molecule has 0 atom stereocenters. The third-order valence-electron chi connectivity index (χ3n) is 5.11. The molecule has 0 heterocycles. The lowest BCUT2D eigenvalue weighted by atomic mass is 10.0. The van der Waals surface area contributed by atoms with E-state index in [9.17, 15) is 4.79 Å². The summed E-state index contributed by atoms with van der Waals surface area (Å²) in [6.07, 6.45) is 2.32. The molecule has 5 heteroatoms. The zero-order valence-corrected chi connectivity index (χ0v) is 17.2. The van der Waals surface area contributed by atoms with Crippen LogP contribution in [0.3, 0.4) is 0 Å². The topological polar surface area (TPSA) is 50.8 Å². The number of hydrogen-bond acceptors (Lipinski definition) is 4. The predicted molar refractivity (Wildman–Crippen MR) is 112 cm³/mol. The molecule has 1 fully saturated rings. The first-order valence-electron chi connectivity index (χ1n) is 9.85. The minimum atomic E-state index is -0.0158. The highest BCUT2D eigenvalue weighted by molar-refractivity contribution is 5.92. The summed E-state index contributed by atoms with van der Waals surface area (Å²) in [5.41, 5.74) is 3.29. The molecule has 5 nitrogen and oxygen atoms in total. The van der Waals surface area contributed by atoms with Gasteiger partial charge in [-0.1, -0.05) is 38.1 Å². The van der Waals surface area contributed by atoms with Gasteiger partial charge in [-0.3, -0.25) is 9.69 Å². The summed E-state index contributed by atoms with van der Waals surface area (Å²) in [6.45, 7) is 5.57. The summed E-state index contributed by atoms with van der Waals surface area (Å²) in [4.78, 5) is 14.9. The van der Waals surface area contributed by atoms with E-state index in [1.807, 2.05) is 6.07 Å². The van der Waals surface area contributed by atoms with Gasteiger partial charge in [0.1, 0.15) is 0 Å². The van der Waals surface area contributed by atoms with Gasteiger partial charge in [-0.2, -0.15) is 0 Å². The van der Waals surface area contributed by atoms with E-state index in [-0.39, 0.29) is 5.91 Å². The number of rotatable bonds is 9. The number of carbonyl (C=O) groups excluding carboxylic acids is 1. The Bertz CT molecular complexity index is 798. The smallest absolute Gasteiger partial charge is 0.238 e. The van der Waals surface area contributed by atoms with Crippen molar-refractivity contribution in [1.82, 2.24) is 4.90 Å². The average Bonchev–Trinajstić information content (AvgIpc) is 3.53. The van der Waals surface area contributed by atoms with Crippen molar-refractivity contribution < 1.29 is 14.3 Å². The fourth-order valence-electron chi connectivity index (χ4n) is 3.30. The van der Waals surface area contributed by atoms with Gasteiger partial charge in [0.15, 0.2) is 11.5 Å². The van der Waals surface area contributed by atoms with Crippen LogP contribution in [0.5, 0.6) is 11.5 Å². The Morgan fingerprint density at radius 1 is 1.07 bits per heavy atom. The second-order valence-electron chi connectivity index (χ2n) is 7.65. The van der Waals surface area contributed by atoms with Crippen molar-refractivity contribution in [1.29, 1.82) is 0 Å². The van der Waals surface area contributed by atoms with E-state index in [4.69, 9.17) is 9.47 Å². The number of methoxy groups -OCH3 is 2. The fourth-order valence-corrected chi connectivity index (χ4v) is 3.30. The van der Waals surface area contributed by atoms with E-state index in [1.54, 1.807) is 26.4 Å². The molecule has 2 aromatic carbocycles. The molecule has 3 rings (SSSR count). The van der Waals surface area contributed by atoms with Crippen LogP contribution in [-0.4, -0.2) is 37.6 Å². The van der Waals surface area contributed by atoms with E-state index in [0.29, 0.717) is 35.7 Å². The Kier molecular flexibility index (Phi) is 6.57. The first kappa shape index (κ1) is 20.2. The number of benzene rings is 2. The van der Waals surface area contributed by atoms with Gasteiger partial charge in [-0.15, -0.1) is 0 Å². The van der Waals surface area contributed by atoms with Crippen LogP contribution in [0.25, 0.3) is 0 Å². The van der Waals surface area contributed by atoms with Gasteiger partial charge in [-0.05, 0) is 42.0 Å². The van der Waals surface area contributed by atoms with Gasteiger partial charge in [0.25, 0.3) is 0 Å². The summed E-state index contributed by atoms with van der Waals surface area (Å²) in [7, 11) is 3.18. The van der Waals surface area contributed by atoms with Crippen molar-refractivity contribution in [3.63, 3.8) is 0 Å². The van der Waals surface area contributed by atoms with Crippen molar-refractivity contribution in [2.24, 2.45) is 0 Å². The largest absolute Gasteiger partial charge is 0.493 e. The molecule has 0 saturated heterocycles. The van der Waals surface area contributed by atoms with Crippen LogP contribution in [0.1, 0.15) is 43.7 Å². The maximum absolute atomic E-state index is 12.6. The minimum Gasteiger partial charge on any atom is -0.493 e. The maximum atomic E-state index is 12.6. The molecule has 0 unspecified atom stereocenters. The number of hydrogen-bond donors (Lipinski definition) is 1. The Labute approximate surface area is 167 Å². The third-order valence-corrected chi connectivity index (χ3v) is 5.11. The van der Waals surface area contributed by atoms with Gasteiger partial charge in [-0.25, -0.2) is 0 Å². The SMILES string of the molecule is COc1ccc(NC(=O)CN(Cc2ccc(C(C)C)cc2)C2CC2)cc1OC. The van der Waals surface area contributed by atoms with Crippen LogP contribution in [0.15, 0.2) is 42.5 Å². The molecule has 2 aromatic rings. The summed E-state index contributed by atoms with van der Waals surface area (Å²) in [5.74, 6) is 1.76. The number of carbonyl (C=O) groups is 1. The second-order valence-corrected chi connectivity index (χ2v) is 7.65. The van der Waals surface area contributed by atoms with Crippen LogP contribution < -0.4 is 14.8 Å². The van der Waals surface area contributed by atoms with Crippen molar-refractivity contribution in [2.75, 3.05) is 26.1 Å². The van der Waals surface area contributed by atoms with E-state index >= 15 is 0 Å². The third kappa shape index (κ3) is 5.26. The second kappa shape index (κ2) is 9.11. The summed E-state index contributed by atoms with van der Waals surface area (Å²) < 4.78 is 10.6. The molecule has 1 aliphatic carbocycles. The molecule has 150 valence electrons. The summed E-state index contributed by atoms with van der Waals surface area (Å²) in [5, 5.41) is 2.97. The lowest BCUT2D eigenvalue weighted by Crippen LogP contribution is -2.34. The molecule has 1 saturated carbocycles. The van der Waals surface area contributed by atoms with Crippen LogP contribution in [0.2, 0.25) is 0 Å². The lowest BCUT2D eigenvalue weighted by molar-refractivity contribution is -0.117. The van der Waals surface area contributed by atoms with Gasteiger partial charge < -0.3 is 14.8 Å². The fraction of sp³-hybridized carbons (Fsp3) is 0.435. The number of amides is 1. The quantitative estimate of drug-likeness (QED) is 0.697. The number of anilines is 1. The van der Waals surface area contributed by atoms with Crippen LogP contribution >= 0.6 is 0 Å². The molecule has 1 amide bonds. The Balaban J connectivity index is 1.62. The summed E-state index contributed by atoms with van der Waals surface area (Å²) >= 11 is 0. The van der Waals surface area contributed by atoms with Crippen LogP contribution in [-0.2, 0) is 11.3 Å². The van der Waals surface area contributed by atoms with E-state index in [0.717, 1.165) is 19.4 Å². The van der Waals surface area contributed by atoms with Crippen LogP contribution in [0.4, 0.5) is 5.69 Å². The van der Waals surface area contributed by atoms with E-state index in [2.05, 4.69) is 48.3 Å². The van der Waals surface area contributed by atoms with Gasteiger partial charge in [0.2, 0.25) is 5.91 Å². The van der Waals surface area contributed by atoms with Gasteiger partial charge >= 0.3 is 0 Å². The molecule has 1 N–H and O–H groups in total. The maximum Gasteiger partial charge on any atom is 0.238 e. The number of nitrogens with zero attached hydrogens (tertiary/aromatic N) is 1. The van der Waals surface area contributed by atoms with Crippen LogP contribution in [0, 0.1) is 0 Å². The molecule has 0 spiro atoms. The molecular weight excluding hydrogens is 352 g/mol. The molecule has 0 aliphatic heterocycles. The van der Waals surface area contributed by atoms with Crippen molar-refractivity contribution >= 4 is 11.6 Å². The highest BCUT2D eigenvalue weighted by atomic mass is 16.5. The molecule has 0 radical (unpaired) electrons. The monoisotopic (exact) mass is 382 g/mol. The predicted octanol–water partition coefficient (Wildman–Crippen LogP) is 4.43. The van der Waals surface area contributed by atoms with Crippen molar-refractivity contribution in [3.8, 4) is 11.5 Å². The molecule has 0 aromatic heterocycles. The first-order valence-corrected chi connectivity index (χ1v) is 9.85. The number of ether oxygens (including phenoxy) is 2. The van der Waals surface area contributed by atoms with Crippen molar-refractivity contribution in [2.45, 2.75) is 45.2 Å². The lowest BCUT2D eigenvalue weighted by Gasteiger charge is -2.22. The van der Waals surface area contributed by atoms with Gasteiger partial charge in [0.05, 0.1) is 20.8 Å². The average molecular weight is 383 g/mol. The molecule has 1 aliphatic rings. The number of nitrogens with one attached hydrogen (secondary N) is 1. The molecule has 0 bridgehead atoms. The Morgan fingerprint density at radius 2 is 1.75 bits per heavy atom. The highest BCUT2D eigenvalue weighted by Gasteiger charge is 2.30. The zero-order valence-electron chi connectivity index (χ0n) is 17.2.